The maximum absolute atomic E-state index is 12.1. The first-order valence-corrected chi connectivity index (χ1v) is 5.85. The van der Waals surface area contributed by atoms with Gasteiger partial charge in [0.25, 0.3) is 0 Å². The van der Waals surface area contributed by atoms with Crippen LogP contribution < -0.4 is 15.8 Å². The molecule has 0 aliphatic carbocycles. The highest BCUT2D eigenvalue weighted by molar-refractivity contribution is 5.95. The van der Waals surface area contributed by atoms with E-state index in [9.17, 15) is 4.79 Å². The van der Waals surface area contributed by atoms with E-state index in [1.54, 1.807) is 48.3 Å². The van der Waals surface area contributed by atoms with Gasteiger partial charge in [0.05, 0.1) is 12.8 Å². The molecule has 1 aromatic heterocycles. The molecule has 0 aliphatic heterocycles. The molecule has 0 fully saturated rings. The topological polar surface area (TPSA) is 82.2 Å². The molecular formula is C13H16N4O2. The first-order chi connectivity index (χ1) is 9.11. The zero-order valence-corrected chi connectivity index (χ0v) is 10.8. The van der Waals surface area contributed by atoms with Crippen LogP contribution in [0.1, 0.15) is 13.0 Å². The maximum atomic E-state index is 12.1. The lowest BCUT2D eigenvalue weighted by molar-refractivity contribution is -0.119. The van der Waals surface area contributed by atoms with Crippen LogP contribution in [0.25, 0.3) is 0 Å². The van der Waals surface area contributed by atoms with Gasteiger partial charge in [-0.2, -0.15) is 5.10 Å². The Balaban J connectivity index is 2.17. The van der Waals surface area contributed by atoms with E-state index in [4.69, 9.17) is 10.5 Å². The number of carbonyl (C=O) groups excluding carboxylic acids is 1. The van der Waals surface area contributed by atoms with Crippen LogP contribution in [-0.4, -0.2) is 22.8 Å². The lowest BCUT2D eigenvalue weighted by atomic mass is 10.2. The highest BCUT2D eigenvalue weighted by Crippen LogP contribution is 2.27. The van der Waals surface area contributed by atoms with Crippen molar-refractivity contribution in [3.63, 3.8) is 0 Å². The highest BCUT2D eigenvalue weighted by atomic mass is 16.5. The molecule has 100 valence electrons. The number of methoxy groups -OCH3 is 1. The number of nitrogens with two attached hydrogens (primary N) is 1. The molecule has 0 aliphatic rings. The van der Waals surface area contributed by atoms with Crippen LogP contribution >= 0.6 is 0 Å². The Kier molecular flexibility index (Phi) is 3.70. The molecule has 1 heterocycles. The van der Waals surface area contributed by atoms with Crippen LogP contribution in [0.15, 0.2) is 36.7 Å². The van der Waals surface area contributed by atoms with Gasteiger partial charge < -0.3 is 15.8 Å². The monoisotopic (exact) mass is 260 g/mol. The van der Waals surface area contributed by atoms with Crippen LogP contribution in [0, 0.1) is 0 Å². The predicted molar refractivity (Wildman–Crippen MR) is 73.0 cm³/mol. The Hall–Kier alpha value is -2.50. The van der Waals surface area contributed by atoms with Gasteiger partial charge in [0.2, 0.25) is 5.91 Å². The number of amides is 1. The van der Waals surface area contributed by atoms with Gasteiger partial charge >= 0.3 is 0 Å². The van der Waals surface area contributed by atoms with Crippen molar-refractivity contribution in [3.8, 4) is 5.75 Å². The molecule has 1 unspecified atom stereocenters. The van der Waals surface area contributed by atoms with Crippen LogP contribution in [0.3, 0.4) is 0 Å². The molecule has 1 atom stereocenters. The fraction of sp³-hybridized carbons (Fsp3) is 0.231. The van der Waals surface area contributed by atoms with Crippen LogP contribution in [0.5, 0.6) is 5.75 Å². The fourth-order valence-corrected chi connectivity index (χ4v) is 1.69. The van der Waals surface area contributed by atoms with Crippen molar-refractivity contribution in [2.45, 2.75) is 13.0 Å². The van der Waals surface area contributed by atoms with E-state index >= 15 is 0 Å². The summed E-state index contributed by atoms with van der Waals surface area (Å²) in [5.74, 6) is 0.378. The smallest absolute Gasteiger partial charge is 0.249 e. The first kappa shape index (κ1) is 12.9. The molecule has 6 heteroatoms. The van der Waals surface area contributed by atoms with Crippen molar-refractivity contribution in [1.29, 1.82) is 0 Å². The standard InChI is InChI=1S/C13H16N4O2/c1-9(17-7-3-6-15-17)13(18)16-11-8-10(14)4-5-12(11)19-2/h3-9H,14H2,1-2H3,(H,16,18). The van der Waals surface area contributed by atoms with Crippen LogP contribution in [-0.2, 0) is 4.79 Å². The summed E-state index contributed by atoms with van der Waals surface area (Å²) in [7, 11) is 1.54. The number of hydrogen-bond acceptors (Lipinski definition) is 4. The average molecular weight is 260 g/mol. The summed E-state index contributed by atoms with van der Waals surface area (Å²) >= 11 is 0. The number of benzene rings is 1. The van der Waals surface area contributed by atoms with E-state index < -0.39 is 6.04 Å². The van der Waals surface area contributed by atoms with Gasteiger partial charge in [0.15, 0.2) is 0 Å². The Morgan fingerprint density at radius 1 is 1.53 bits per heavy atom. The predicted octanol–water partition coefficient (Wildman–Crippen LogP) is 1.67. The van der Waals surface area contributed by atoms with E-state index in [0.29, 0.717) is 17.1 Å². The molecular weight excluding hydrogens is 244 g/mol. The van der Waals surface area contributed by atoms with Gasteiger partial charge in [0.1, 0.15) is 11.8 Å². The van der Waals surface area contributed by atoms with Gasteiger partial charge in [-0.25, -0.2) is 0 Å². The summed E-state index contributed by atoms with van der Waals surface area (Å²) in [4.78, 5) is 12.1. The fourth-order valence-electron chi connectivity index (χ4n) is 1.69. The van der Waals surface area contributed by atoms with Gasteiger partial charge in [-0.05, 0) is 31.2 Å². The van der Waals surface area contributed by atoms with Crippen molar-refractivity contribution in [3.05, 3.63) is 36.7 Å². The lowest BCUT2D eigenvalue weighted by Gasteiger charge is -2.15. The van der Waals surface area contributed by atoms with Gasteiger partial charge in [-0.3, -0.25) is 9.48 Å². The Bertz CT molecular complexity index is 566. The van der Waals surface area contributed by atoms with Gasteiger partial charge in [-0.1, -0.05) is 0 Å². The minimum Gasteiger partial charge on any atom is -0.495 e. The summed E-state index contributed by atoms with van der Waals surface area (Å²) in [6.07, 6.45) is 3.37. The highest BCUT2D eigenvalue weighted by Gasteiger charge is 2.16. The van der Waals surface area contributed by atoms with Crippen molar-refractivity contribution in [2.75, 3.05) is 18.2 Å². The van der Waals surface area contributed by atoms with E-state index in [1.807, 2.05) is 0 Å². The summed E-state index contributed by atoms with van der Waals surface area (Å²) < 4.78 is 6.76. The van der Waals surface area contributed by atoms with Crippen LogP contribution in [0.2, 0.25) is 0 Å². The normalized spacial score (nSPS) is 11.9. The molecule has 2 aromatic rings. The van der Waals surface area contributed by atoms with Crippen molar-refractivity contribution in [2.24, 2.45) is 0 Å². The Morgan fingerprint density at radius 3 is 2.95 bits per heavy atom. The largest absolute Gasteiger partial charge is 0.495 e. The second kappa shape index (κ2) is 5.43. The van der Waals surface area contributed by atoms with Crippen molar-refractivity contribution in [1.82, 2.24) is 9.78 Å². The SMILES string of the molecule is COc1ccc(N)cc1NC(=O)C(C)n1cccn1. The van der Waals surface area contributed by atoms with Crippen molar-refractivity contribution < 1.29 is 9.53 Å². The second-order valence-corrected chi connectivity index (χ2v) is 4.11. The zero-order valence-electron chi connectivity index (χ0n) is 10.8. The first-order valence-electron chi connectivity index (χ1n) is 5.85. The number of nitrogen functional groups attached to an aromatic ring is 1. The van der Waals surface area contributed by atoms with E-state index in [0.717, 1.165) is 0 Å². The summed E-state index contributed by atoms with van der Waals surface area (Å²) in [6, 6.07) is 6.44. The quantitative estimate of drug-likeness (QED) is 0.819. The van der Waals surface area contributed by atoms with Crippen molar-refractivity contribution >= 4 is 17.3 Å². The number of anilines is 2. The Labute approximate surface area is 111 Å². The van der Waals surface area contributed by atoms with Gasteiger partial charge in [0, 0.05) is 18.1 Å². The summed E-state index contributed by atoms with van der Waals surface area (Å²) in [5.41, 5.74) is 6.81. The van der Waals surface area contributed by atoms with E-state index in [-0.39, 0.29) is 5.91 Å². The molecule has 19 heavy (non-hydrogen) atoms. The third kappa shape index (κ3) is 2.85. The molecule has 1 amide bonds. The maximum Gasteiger partial charge on any atom is 0.249 e. The van der Waals surface area contributed by atoms with Gasteiger partial charge in [-0.15, -0.1) is 0 Å². The molecule has 0 bridgehead atoms. The zero-order chi connectivity index (χ0) is 13.8. The lowest BCUT2D eigenvalue weighted by Crippen LogP contribution is -2.24. The number of carbonyl (C=O) groups is 1. The number of aromatic nitrogens is 2. The molecule has 0 radical (unpaired) electrons. The molecule has 0 spiro atoms. The summed E-state index contributed by atoms with van der Waals surface area (Å²) in [5, 5.41) is 6.82. The van der Waals surface area contributed by atoms with Crippen LogP contribution in [0.4, 0.5) is 11.4 Å². The number of nitrogens with one attached hydrogen (secondary N) is 1. The molecule has 1 aromatic carbocycles. The van der Waals surface area contributed by atoms with E-state index in [2.05, 4.69) is 10.4 Å². The minimum atomic E-state index is -0.416. The number of hydrogen-bond donors (Lipinski definition) is 2. The Morgan fingerprint density at radius 2 is 2.32 bits per heavy atom. The second-order valence-electron chi connectivity index (χ2n) is 4.11. The third-order valence-electron chi connectivity index (χ3n) is 2.78. The number of ether oxygens (including phenoxy) is 1. The average Bonchev–Trinajstić information content (AvgIpc) is 2.92. The third-order valence-corrected chi connectivity index (χ3v) is 2.78. The number of nitrogens with zero attached hydrogens (tertiary/aromatic N) is 2. The molecule has 2 rings (SSSR count). The molecule has 6 nitrogen and oxygen atoms in total. The molecule has 0 saturated carbocycles. The van der Waals surface area contributed by atoms with E-state index in [1.165, 1.54) is 7.11 Å². The summed E-state index contributed by atoms with van der Waals surface area (Å²) in [6.45, 7) is 1.76. The number of rotatable bonds is 4. The minimum absolute atomic E-state index is 0.187. The molecule has 0 saturated heterocycles. The molecule has 3 N–H and O–H groups in total.